The lowest BCUT2D eigenvalue weighted by Gasteiger charge is -2.03. The molecule has 0 aliphatic carbocycles. The number of rotatable bonds is 4. The van der Waals surface area contributed by atoms with Crippen LogP contribution in [0.25, 0.3) is 0 Å². The highest BCUT2D eigenvalue weighted by Crippen LogP contribution is 2.06. The Balaban J connectivity index is 2.56. The van der Waals surface area contributed by atoms with E-state index in [1.807, 2.05) is 0 Å². The lowest BCUT2D eigenvalue weighted by molar-refractivity contribution is 0.248. The standard InChI is InChI=1S/C9H12N2O3S/c10-9(12)11-5-7-1-3-8(4-2-7)6-15(13)14/h1-4H,5-6H2,(H,13,14)(H3,10,11,12). The predicted molar refractivity (Wildman–Crippen MR) is 57.3 cm³/mol. The number of nitrogens with one attached hydrogen (secondary N) is 1. The van der Waals surface area contributed by atoms with E-state index in [0.29, 0.717) is 6.54 Å². The summed E-state index contributed by atoms with van der Waals surface area (Å²) in [5.41, 5.74) is 6.58. The molecule has 1 atom stereocenters. The van der Waals surface area contributed by atoms with Gasteiger partial charge < -0.3 is 15.6 Å². The molecule has 0 aromatic heterocycles. The second-order valence-electron chi connectivity index (χ2n) is 3.00. The molecule has 15 heavy (non-hydrogen) atoms. The third kappa shape index (κ3) is 4.57. The fourth-order valence-electron chi connectivity index (χ4n) is 1.09. The van der Waals surface area contributed by atoms with Crippen LogP contribution in [0.4, 0.5) is 4.79 Å². The van der Waals surface area contributed by atoms with Crippen molar-refractivity contribution in [3.8, 4) is 0 Å². The van der Waals surface area contributed by atoms with Crippen LogP contribution in [0.5, 0.6) is 0 Å². The molecule has 0 aliphatic rings. The Morgan fingerprint density at radius 3 is 2.33 bits per heavy atom. The zero-order chi connectivity index (χ0) is 11.3. The van der Waals surface area contributed by atoms with Crippen molar-refractivity contribution in [2.45, 2.75) is 12.3 Å². The van der Waals surface area contributed by atoms with Gasteiger partial charge in [-0.2, -0.15) is 0 Å². The quantitative estimate of drug-likeness (QED) is 0.658. The Morgan fingerprint density at radius 1 is 1.33 bits per heavy atom. The van der Waals surface area contributed by atoms with Gasteiger partial charge in [-0.3, -0.25) is 0 Å². The molecule has 1 rings (SSSR count). The highest BCUT2D eigenvalue weighted by molar-refractivity contribution is 7.78. The number of carbonyl (C=O) groups is 1. The van der Waals surface area contributed by atoms with Gasteiger partial charge in [0.2, 0.25) is 0 Å². The van der Waals surface area contributed by atoms with E-state index in [-0.39, 0.29) is 5.75 Å². The van der Waals surface area contributed by atoms with E-state index in [9.17, 15) is 9.00 Å². The van der Waals surface area contributed by atoms with Crippen molar-refractivity contribution in [2.24, 2.45) is 5.73 Å². The molecule has 1 aromatic carbocycles. The normalized spacial score (nSPS) is 12.1. The minimum atomic E-state index is -1.82. The molecule has 82 valence electrons. The first-order valence-electron chi connectivity index (χ1n) is 4.26. The van der Waals surface area contributed by atoms with Crippen molar-refractivity contribution in [3.05, 3.63) is 35.4 Å². The Morgan fingerprint density at radius 2 is 1.87 bits per heavy atom. The summed E-state index contributed by atoms with van der Waals surface area (Å²) in [6, 6.07) is 6.46. The van der Waals surface area contributed by atoms with E-state index in [0.717, 1.165) is 11.1 Å². The lowest BCUT2D eigenvalue weighted by Crippen LogP contribution is -2.28. The number of hydrogen-bond donors (Lipinski definition) is 3. The summed E-state index contributed by atoms with van der Waals surface area (Å²) < 4.78 is 19.2. The molecular formula is C9H12N2O3S. The molecule has 2 amide bonds. The van der Waals surface area contributed by atoms with Crippen LogP contribution < -0.4 is 11.1 Å². The monoisotopic (exact) mass is 228 g/mol. The molecule has 0 bridgehead atoms. The first kappa shape index (κ1) is 11.7. The van der Waals surface area contributed by atoms with Crippen LogP contribution in [0.3, 0.4) is 0 Å². The fourth-order valence-corrected chi connectivity index (χ4v) is 1.56. The zero-order valence-corrected chi connectivity index (χ0v) is 8.79. The molecule has 0 heterocycles. The Bertz CT molecular complexity index is 364. The average molecular weight is 228 g/mol. The van der Waals surface area contributed by atoms with Crippen LogP contribution in [0, 0.1) is 0 Å². The summed E-state index contributed by atoms with van der Waals surface area (Å²) in [6.45, 7) is 0.359. The molecule has 5 nitrogen and oxygen atoms in total. The zero-order valence-electron chi connectivity index (χ0n) is 7.97. The molecule has 0 saturated heterocycles. The van der Waals surface area contributed by atoms with E-state index in [2.05, 4.69) is 5.32 Å². The molecule has 0 saturated carbocycles. The summed E-state index contributed by atoms with van der Waals surface area (Å²) in [5.74, 6) is 0.115. The van der Waals surface area contributed by atoms with E-state index in [1.165, 1.54) is 0 Å². The molecule has 6 heteroatoms. The van der Waals surface area contributed by atoms with Crippen molar-refractivity contribution in [2.75, 3.05) is 0 Å². The minimum Gasteiger partial charge on any atom is -0.352 e. The highest BCUT2D eigenvalue weighted by Gasteiger charge is 1.99. The minimum absolute atomic E-state index is 0.115. The Hall–Kier alpha value is -1.40. The van der Waals surface area contributed by atoms with E-state index >= 15 is 0 Å². The van der Waals surface area contributed by atoms with Crippen molar-refractivity contribution in [1.29, 1.82) is 0 Å². The number of carbonyl (C=O) groups excluding carboxylic acids is 1. The molecular weight excluding hydrogens is 216 g/mol. The topological polar surface area (TPSA) is 92.4 Å². The Labute approximate surface area is 90.0 Å². The summed E-state index contributed by atoms with van der Waals surface area (Å²) in [4.78, 5) is 10.4. The van der Waals surface area contributed by atoms with Crippen LogP contribution in [0.2, 0.25) is 0 Å². The van der Waals surface area contributed by atoms with E-state index in [4.69, 9.17) is 10.3 Å². The molecule has 0 fully saturated rings. The highest BCUT2D eigenvalue weighted by atomic mass is 32.2. The van der Waals surface area contributed by atoms with Gasteiger partial charge in [0, 0.05) is 6.54 Å². The summed E-state index contributed by atoms with van der Waals surface area (Å²) >= 11 is -1.82. The molecule has 0 radical (unpaired) electrons. The van der Waals surface area contributed by atoms with Gasteiger partial charge in [-0.25, -0.2) is 9.00 Å². The van der Waals surface area contributed by atoms with Crippen LogP contribution >= 0.6 is 0 Å². The fraction of sp³-hybridized carbons (Fsp3) is 0.222. The van der Waals surface area contributed by atoms with Gasteiger partial charge in [-0.15, -0.1) is 0 Å². The van der Waals surface area contributed by atoms with Gasteiger partial charge in [-0.05, 0) is 11.1 Å². The van der Waals surface area contributed by atoms with Crippen LogP contribution in [0.1, 0.15) is 11.1 Å². The van der Waals surface area contributed by atoms with Crippen molar-refractivity contribution >= 4 is 17.1 Å². The van der Waals surface area contributed by atoms with Crippen molar-refractivity contribution < 1.29 is 13.6 Å². The number of nitrogens with two attached hydrogens (primary N) is 1. The van der Waals surface area contributed by atoms with Gasteiger partial charge in [0.1, 0.15) is 0 Å². The molecule has 0 aliphatic heterocycles. The third-order valence-electron chi connectivity index (χ3n) is 1.78. The number of hydrogen-bond acceptors (Lipinski definition) is 2. The SMILES string of the molecule is NC(=O)NCc1ccc(CS(=O)O)cc1. The van der Waals surface area contributed by atoms with Gasteiger partial charge in [0.25, 0.3) is 0 Å². The van der Waals surface area contributed by atoms with Gasteiger partial charge >= 0.3 is 6.03 Å². The van der Waals surface area contributed by atoms with Gasteiger partial charge in [0.05, 0.1) is 5.75 Å². The maximum atomic E-state index is 10.5. The summed E-state index contributed by atoms with van der Waals surface area (Å²) in [7, 11) is 0. The first-order valence-corrected chi connectivity index (χ1v) is 5.54. The van der Waals surface area contributed by atoms with Crippen LogP contribution in [-0.4, -0.2) is 14.8 Å². The van der Waals surface area contributed by atoms with Crippen LogP contribution in [0.15, 0.2) is 24.3 Å². The largest absolute Gasteiger partial charge is 0.352 e. The number of primary amides is 1. The average Bonchev–Trinajstić information content (AvgIpc) is 2.16. The maximum Gasteiger partial charge on any atom is 0.312 e. The third-order valence-corrected chi connectivity index (χ3v) is 2.36. The van der Waals surface area contributed by atoms with Gasteiger partial charge in [0.15, 0.2) is 11.1 Å². The Kier molecular flexibility index (Phi) is 4.26. The number of urea groups is 1. The van der Waals surface area contributed by atoms with Crippen molar-refractivity contribution in [3.63, 3.8) is 0 Å². The van der Waals surface area contributed by atoms with Crippen LogP contribution in [-0.2, 0) is 23.4 Å². The maximum absolute atomic E-state index is 10.5. The van der Waals surface area contributed by atoms with Crippen molar-refractivity contribution in [1.82, 2.24) is 5.32 Å². The number of benzene rings is 1. The molecule has 1 aromatic rings. The van der Waals surface area contributed by atoms with Gasteiger partial charge in [-0.1, -0.05) is 24.3 Å². The molecule has 4 N–H and O–H groups in total. The second-order valence-corrected chi connectivity index (χ2v) is 3.93. The summed E-state index contributed by atoms with van der Waals surface area (Å²) in [5, 5.41) is 2.45. The molecule has 0 spiro atoms. The predicted octanol–water partition coefficient (Wildman–Crippen LogP) is 0.577. The second kappa shape index (κ2) is 5.47. The van der Waals surface area contributed by atoms with E-state index < -0.39 is 17.1 Å². The molecule has 1 unspecified atom stereocenters. The number of amides is 2. The lowest BCUT2D eigenvalue weighted by atomic mass is 10.1. The van der Waals surface area contributed by atoms with E-state index in [1.54, 1.807) is 24.3 Å². The first-order chi connectivity index (χ1) is 7.08. The smallest absolute Gasteiger partial charge is 0.312 e. The summed E-state index contributed by atoms with van der Waals surface area (Å²) in [6.07, 6.45) is 0.